The summed E-state index contributed by atoms with van der Waals surface area (Å²) in [6.45, 7) is 2.75. The minimum absolute atomic E-state index is 0.272. The van der Waals surface area contributed by atoms with Crippen LogP contribution in [-0.4, -0.2) is 14.7 Å². The fourth-order valence-electron chi connectivity index (χ4n) is 2.43. The molecule has 3 rings (SSSR count). The van der Waals surface area contributed by atoms with Crippen molar-refractivity contribution in [3.05, 3.63) is 53.9 Å². The Hall–Kier alpha value is -2.49. The van der Waals surface area contributed by atoms with Gasteiger partial charge < -0.3 is 15.0 Å². The first-order valence-corrected chi connectivity index (χ1v) is 6.59. The van der Waals surface area contributed by atoms with Crippen LogP contribution in [0.2, 0.25) is 0 Å². The van der Waals surface area contributed by atoms with Gasteiger partial charge in [-0.2, -0.15) is 0 Å². The van der Waals surface area contributed by atoms with Crippen LogP contribution in [0.1, 0.15) is 11.4 Å². The number of aromatic nitrogens is 2. The van der Waals surface area contributed by atoms with E-state index in [1.807, 2.05) is 31.3 Å². The maximum Gasteiger partial charge on any atom is 0.129 e. The van der Waals surface area contributed by atoms with E-state index in [-0.39, 0.29) is 5.75 Å². The van der Waals surface area contributed by atoms with E-state index in [1.165, 1.54) is 11.1 Å². The number of phenolic OH excluding ortho intramolecular Hbond substituents is 1. The van der Waals surface area contributed by atoms with E-state index < -0.39 is 0 Å². The molecule has 4 heteroatoms. The Morgan fingerprint density at radius 2 is 1.90 bits per heavy atom. The first-order chi connectivity index (χ1) is 9.65. The zero-order chi connectivity index (χ0) is 14.1. The zero-order valence-corrected chi connectivity index (χ0v) is 11.6. The average molecular weight is 267 g/mol. The first-order valence-electron chi connectivity index (χ1n) is 6.59. The number of para-hydroxylation sites is 1. The molecule has 0 saturated carbocycles. The van der Waals surface area contributed by atoms with Gasteiger partial charge >= 0.3 is 0 Å². The highest BCUT2D eigenvalue weighted by Gasteiger charge is 2.08. The SMILES string of the molecule is Cc1cccc2nc(CNc3ccc(O)cc3)n(C)c12. The highest BCUT2D eigenvalue weighted by atomic mass is 16.3. The lowest BCUT2D eigenvalue weighted by Crippen LogP contribution is -2.06. The molecule has 0 atom stereocenters. The number of nitrogens with zero attached hydrogens (tertiary/aromatic N) is 2. The van der Waals surface area contributed by atoms with Gasteiger partial charge in [0.1, 0.15) is 11.6 Å². The van der Waals surface area contributed by atoms with E-state index in [9.17, 15) is 5.11 Å². The number of hydrogen-bond acceptors (Lipinski definition) is 3. The molecular formula is C16H17N3O. The van der Waals surface area contributed by atoms with Crippen molar-refractivity contribution in [2.75, 3.05) is 5.32 Å². The fourth-order valence-corrected chi connectivity index (χ4v) is 2.43. The first kappa shape index (κ1) is 12.5. The summed E-state index contributed by atoms with van der Waals surface area (Å²) in [7, 11) is 2.04. The molecule has 0 saturated heterocycles. The second kappa shape index (κ2) is 4.89. The number of nitrogens with one attached hydrogen (secondary N) is 1. The molecule has 0 radical (unpaired) electrons. The summed E-state index contributed by atoms with van der Waals surface area (Å²) in [4.78, 5) is 4.66. The van der Waals surface area contributed by atoms with Crippen LogP contribution >= 0.6 is 0 Å². The van der Waals surface area contributed by atoms with Crippen LogP contribution in [0.5, 0.6) is 5.75 Å². The minimum Gasteiger partial charge on any atom is -0.508 e. The number of aromatic hydroxyl groups is 1. The topological polar surface area (TPSA) is 50.1 Å². The number of anilines is 1. The van der Waals surface area contributed by atoms with E-state index in [1.54, 1.807) is 12.1 Å². The van der Waals surface area contributed by atoms with Crippen LogP contribution in [0.4, 0.5) is 5.69 Å². The third-order valence-electron chi connectivity index (χ3n) is 3.51. The molecule has 2 N–H and O–H groups in total. The molecule has 4 nitrogen and oxygen atoms in total. The number of imidazole rings is 1. The van der Waals surface area contributed by atoms with Crippen LogP contribution < -0.4 is 5.32 Å². The van der Waals surface area contributed by atoms with Crippen molar-refractivity contribution in [1.29, 1.82) is 0 Å². The highest BCUT2D eigenvalue weighted by Crippen LogP contribution is 2.20. The summed E-state index contributed by atoms with van der Waals surface area (Å²) in [5.74, 6) is 1.26. The third-order valence-corrected chi connectivity index (χ3v) is 3.51. The van der Waals surface area contributed by atoms with Gasteiger partial charge in [-0.1, -0.05) is 12.1 Å². The summed E-state index contributed by atoms with van der Waals surface area (Å²) >= 11 is 0. The van der Waals surface area contributed by atoms with Gasteiger partial charge in [-0.3, -0.25) is 0 Å². The van der Waals surface area contributed by atoms with Crippen LogP contribution in [0.15, 0.2) is 42.5 Å². The number of fused-ring (bicyclic) bond motifs is 1. The molecule has 0 aliphatic heterocycles. The van der Waals surface area contributed by atoms with Gasteiger partial charge in [0.2, 0.25) is 0 Å². The molecule has 0 amide bonds. The number of benzene rings is 2. The maximum absolute atomic E-state index is 9.27. The normalized spacial score (nSPS) is 10.9. The summed E-state index contributed by atoms with van der Waals surface area (Å²) in [5.41, 5.74) is 4.39. The lowest BCUT2D eigenvalue weighted by Gasteiger charge is -2.07. The van der Waals surface area contributed by atoms with Gasteiger partial charge in [-0.15, -0.1) is 0 Å². The molecule has 0 aliphatic carbocycles. The Kier molecular flexibility index (Phi) is 3.06. The number of phenols is 1. The Morgan fingerprint density at radius 3 is 2.60 bits per heavy atom. The monoisotopic (exact) mass is 267 g/mol. The lowest BCUT2D eigenvalue weighted by atomic mass is 10.2. The predicted molar refractivity (Wildman–Crippen MR) is 80.9 cm³/mol. The van der Waals surface area contributed by atoms with E-state index in [2.05, 4.69) is 27.9 Å². The van der Waals surface area contributed by atoms with E-state index in [4.69, 9.17) is 0 Å². The van der Waals surface area contributed by atoms with Crippen LogP contribution in [-0.2, 0) is 13.6 Å². The van der Waals surface area contributed by atoms with Crippen molar-refractivity contribution >= 4 is 16.7 Å². The smallest absolute Gasteiger partial charge is 0.129 e. The predicted octanol–water partition coefficient (Wildman–Crippen LogP) is 3.20. The van der Waals surface area contributed by atoms with Crippen LogP contribution in [0, 0.1) is 6.92 Å². The van der Waals surface area contributed by atoms with Crippen molar-refractivity contribution in [1.82, 2.24) is 9.55 Å². The number of hydrogen-bond donors (Lipinski definition) is 2. The third kappa shape index (κ3) is 2.20. The Morgan fingerprint density at radius 1 is 1.15 bits per heavy atom. The Balaban J connectivity index is 1.86. The zero-order valence-electron chi connectivity index (χ0n) is 11.6. The summed E-state index contributed by atoms with van der Waals surface area (Å²) in [6, 6.07) is 13.2. The number of rotatable bonds is 3. The van der Waals surface area contributed by atoms with Gasteiger partial charge in [0.25, 0.3) is 0 Å². The second-order valence-electron chi connectivity index (χ2n) is 4.93. The number of aryl methyl sites for hydroxylation is 2. The van der Waals surface area contributed by atoms with Gasteiger partial charge in [-0.25, -0.2) is 4.98 Å². The molecule has 102 valence electrons. The Labute approximate surface area is 117 Å². The van der Waals surface area contributed by atoms with E-state index >= 15 is 0 Å². The lowest BCUT2D eigenvalue weighted by molar-refractivity contribution is 0.475. The summed E-state index contributed by atoms with van der Waals surface area (Å²) < 4.78 is 2.12. The fraction of sp³-hybridized carbons (Fsp3) is 0.188. The maximum atomic E-state index is 9.27. The molecule has 0 aliphatic rings. The molecule has 3 aromatic rings. The molecule has 2 aromatic carbocycles. The second-order valence-corrected chi connectivity index (χ2v) is 4.93. The van der Waals surface area contributed by atoms with Crippen molar-refractivity contribution in [3.63, 3.8) is 0 Å². The van der Waals surface area contributed by atoms with Crippen molar-refractivity contribution in [3.8, 4) is 5.75 Å². The standard InChI is InChI=1S/C16H17N3O/c1-11-4-3-5-14-16(11)19(2)15(18-14)10-17-12-6-8-13(20)9-7-12/h3-9,17,20H,10H2,1-2H3. The summed E-state index contributed by atoms with van der Waals surface area (Å²) in [5, 5.41) is 12.6. The Bertz CT molecular complexity index is 744. The minimum atomic E-state index is 0.272. The molecule has 0 unspecified atom stereocenters. The van der Waals surface area contributed by atoms with E-state index in [0.717, 1.165) is 17.0 Å². The van der Waals surface area contributed by atoms with Gasteiger partial charge in [-0.05, 0) is 42.8 Å². The summed E-state index contributed by atoms with van der Waals surface area (Å²) in [6.07, 6.45) is 0. The molecule has 0 spiro atoms. The van der Waals surface area contributed by atoms with Gasteiger partial charge in [0, 0.05) is 12.7 Å². The molecular weight excluding hydrogens is 250 g/mol. The van der Waals surface area contributed by atoms with Crippen LogP contribution in [0.3, 0.4) is 0 Å². The average Bonchev–Trinajstić information content (AvgIpc) is 2.76. The molecule has 0 bridgehead atoms. The molecule has 1 heterocycles. The van der Waals surface area contributed by atoms with Gasteiger partial charge in [0.15, 0.2) is 0 Å². The van der Waals surface area contributed by atoms with Crippen LogP contribution in [0.25, 0.3) is 11.0 Å². The molecule has 20 heavy (non-hydrogen) atoms. The molecule has 0 fully saturated rings. The van der Waals surface area contributed by atoms with Gasteiger partial charge in [0.05, 0.1) is 17.6 Å². The highest BCUT2D eigenvalue weighted by molar-refractivity contribution is 5.79. The van der Waals surface area contributed by atoms with Crippen molar-refractivity contribution < 1.29 is 5.11 Å². The van der Waals surface area contributed by atoms with Crippen molar-refractivity contribution in [2.24, 2.45) is 7.05 Å². The quantitative estimate of drug-likeness (QED) is 0.716. The van der Waals surface area contributed by atoms with E-state index in [0.29, 0.717) is 6.54 Å². The van der Waals surface area contributed by atoms with Crippen molar-refractivity contribution in [2.45, 2.75) is 13.5 Å². The molecule has 1 aromatic heterocycles. The largest absolute Gasteiger partial charge is 0.508 e.